The highest BCUT2D eigenvalue weighted by Gasteiger charge is 2.26. The van der Waals surface area contributed by atoms with Crippen molar-refractivity contribution < 1.29 is 22.0 Å². The number of halogens is 2. The van der Waals surface area contributed by atoms with E-state index in [-0.39, 0.29) is 33.8 Å². The maximum Gasteiger partial charge on any atom is 0.290 e. The Morgan fingerprint density at radius 1 is 1.18 bits per heavy atom. The first kappa shape index (κ1) is 20.7. The van der Waals surface area contributed by atoms with Gasteiger partial charge in [0.25, 0.3) is 11.7 Å². The molecule has 28 heavy (non-hydrogen) atoms. The first-order valence-corrected chi connectivity index (χ1v) is 11.0. The molecule has 150 valence electrons. The third kappa shape index (κ3) is 4.86. The van der Waals surface area contributed by atoms with Gasteiger partial charge < -0.3 is 5.32 Å². The number of amides is 1. The Morgan fingerprint density at radius 3 is 2.50 bits per heavy atom. The van der Waals surface area contributed by atoms with Crippen LogP contribution in [0.15, 0.2) is 52.5 Å². The highest BCUT2D eigenvalue weighted by molar-refractivity contribution is 7.99. The topological polar surface area (TPSA) is 79.4 Å². The standard InChI is InChI=1S/C18H19F2N3O3S2/c19-18(20)27-17-15(4-3-9-21-17)16(24)22-12-13-5-7-14(8-6-13)28(25,26)23-10-1-2-11-23/h3-9,18H,1-2,10-12H2,(H,22,24). The predicted octanol–water partition coefficient (Wildman–Crippen LogP) is 3.11. The minimum atomic E-state index is -3.48. The Kier molecular flexibility index (Phi) is 6.63. The summed E-state index contributed by atoms with van der Waals surface area (Å²) in [7, 11) is -3.48. The van der Waals surface area contributed by atoms with Gasteiger partial charge in [0.05, 0.1) is 10.5 Å². The lowest BCUT2D eigenvalue weighted by Crippen LogP contribution is -2.28. The SMILES string of the molecule is O=C(NCc1ccc(S(=O)(=O)N2CCCC2)cc1)c1cccnc1SC(F)F. The molecular weight excluding hydrogens is 408 g/mol. The number of carbonyl (C=O) groups is 1. The van der Waals surface area contributed by atoms with Crippen LogP contribution in [0.3, 0.4) is 0 Å². The number of aromatic nitrogens is 1. The fraction of sp³-hybridized carbons (Fsp3) is 0.333. The van der Waals surface area contributed by atoms with Gasteiger partial charge in [0.1, 0.15) is 5.03 Å². The number of nitrogens with zero attached hydrogens (tertiary/aromatic N) is 2. The molecule has 1 saturated heterocycles. The molecule has 0 unspecified atom stereocenters. The summed E-state index contributed by atoms with van der Waals surface area (Å²) < 4.78 is 51.7. The lowest BCUT2D eigenvalue weighted by atomic mass is 10.2. The summed E-state index contributed by atoms with van der Waals surface area (Å²) in [4.78, 5) is 16.3. The molecule has 0 aliphatic carbocycles. The van der Waals surface area contributed by atoms with Gasteiger partial charge in [-0.05, 0) is 54.4 Å². The molecule has 2 heterocycles. The van der Waals surface area contributed by atoms with Gasteiger partial charge in [-0.25, -0.2) is 13.4 Å². The lowest BCUT2D eigenvalue weighted by Gasteiger charge is -2.15. The number of hydrogen-bond donors (Lipinski definition) is 1. The van der Waals surface area contributed by atoms with E-state index < -0.39 is 21.7 Å². The summed E-state index contributed by atoms with van der Waals surface area (Å²) in [6.07, 6.45) is 3.08. The Hall–Kier alpha value is -2.04. The third-order valence-electron chi connectivity index (χ3n) is 4.30. The molecule has 10 heteroatoms. The zero-order valence-corrected chi connectivity index (χ0v) is 16.5. The molecule has 0 atom stereocenters. The van der Waals surface area contributed by atoms with E-state index in [0.29, 0.717) is 18.7 Å². The number of alkyl halides is 2. The summed E-state index contributed by atoms with van der Waals surface area (Å²) >= 11 is 0.215. The van der Waals surface area contributed by atoms with Crippen molar-refractivity contribution in [3.8, 4) is 0 Å². The largest absolute Gasteiger partial charge is 0.348 e. The van der Waals surface area contributed by atoms with Crippen molar-refractivity contribution in [1.29, 1.82) is 0 Å². The van der Waals surface area contributed by atoms with E-state index in [1.165, 1.54) is 34.8 Å². The van der Waals surface area contributed by atoms with Crippen LogP contribution in [0.5, 0.6) is 0 Å². The molecule has 3 rings (SSSR count). The van der Waals surface area contributed by atoms with E-state index in [0.717, 1.165) is 12.8 Å². The fourth-order valence-electron chi connectivity index (χ4n) is 2.88. The van der Waals surface area contributed by atoms with Crippen molar-refractivity contribution >= 4 is 27.7 Å². The van der Waals surface area contributed by atoms with E-state index in [2.05, 4.69) is 10.3 Å². The maximum atomic E-state index is 12.6. The molecule has 0 bridgehead atoms. The van der Waals surface area contributed by atoms with E-state index in [1.54, 1.807) is 12.1 Å². The van der Waals surface area contributed by atoms with Crippen molar-refractivity contribution in [2.45, 2.75) is 35.1 Å². The lowest BCUT2D eigenvalue weighted by molar-refractivity contribution is 0.0947. The van der Waals surface area contributed by atoms with Crippen LogP contribution in [-0.2, 0) is 16.6 Å². The van der Waals surface area contributed by atoms with Gasteiger partial charge in [0.2, 0.25) is 10.0 Å². The number of rotatable bonds is 7. The quantitative estimate of drug-likeness (QED) is 0.687. The molecule has 1 aliphatic rings. The van der Waals surface area contributed by atoms with E-state index in [4.69, 9.17) is 0 Å². The van der Waals surface area contributed by atoms with Crippen LogP contribution in [-0.4, -0.2) is 42.5 Å². The number of pyridine rings is 1. The molecule has 0 radical (unpaired) electrons. The van der Waals surface area contributed by atoms with Gasteiger partial charge in [0, 0.05) is 25.8 Å². The van der Waals surface area contributed by atoms with E-state index >= 15 is 0 Å². The third-order valence-corrected chi connectivity index (χ3v) is 6.94. The van der Waals surface area contributed by atoms with Crippen LogP contribution in [0.1, 0.15) is 28.8 Å². The number of nitrogens with one attached hydrogen (secondary N) is 1. The van der Waals surface area contributed by atoms with Gasteiger partial charge in [-0.15, -0.1) is 0 Å². The zero-order chi connectivity index (χ0) is 20.1. The second-order valence-electron chi connectivity index (χ2n) is 6.17. The number of sulfonamides is 1. The Morgan fingerprint density at radius 2 is 1.86 bits per heavy atom. The number of thioether (sulfide) groups is 1. The Bertz CT molecular complexity index is 931. The Balaban J connectivity index is 1.65. The molecule has 0 spiro atoms. The molecule has 1 aliphatic heterocycles. The van der Waals surface area contributed by atoms with Gasteiger partial charge >= 0.3 is 0 Å². The van der Waals surface area contributed by atoms with Crippen molar-refractivity contribution in [1.82, 2.24) is 14.6 Å². The summed E-state index contributed by atoms with van der Waals surface area (Å²) in [6, 6.07) is 9.21. The van der Waals surface area contributed by atoms with Crippen LogP contribution in [0, 0.1) is 0 Å². The van der Waals surface area contributed by atoms with E-state index in [9.17, 15) is 22.0 Å². The van der Waals surface area contributed by atoms with E-state index in [1.807, 2.05) is 0 Å². The van der Waals surface area contributed by atoms with Crippen molar-refractivity contribution in [2.24, 2.45) is 0 Å². The number of carbonyl (C=O) groups excluding carboxylic acids is 1. The van der Waals surface area contributed by atoms with Gasteiger partial charge in [-0.1, -0.05) is 12.1 Å². The van der Waals surface area contributed by atoms with Gasteiger partial charge in [-0.2, -0.15) is 13.1 Å². The normalized spacial score (nSPS) is 15.1. The highest BCUT2D eigenvalue weighted by Crippen LogP contribution is 2.26. The molecular formula is C18H19F2N3O3S2. The summed E-state index contributed by atoms with van der Waals surface area (Å²) in [6.45, 7) is 1.20. The van der Waals surface area contributed by atoms with Crippen LogP contribution >= 0.6 is 11.8 Å². The van der Waals surface area contributed by atoms with Crippen molar-refractivity contribution in [2.75, 3.05) is 13.1 Å². The Labute approximate surface area is 166 Å². The second-order valence-corrected chi connectivity index (χ2v) is 9.09. The van der Waals surface area contributed by atoms with Gasteiger partial charge in [0.15, 0.2) is 0 Å². The minimum Gasteiger partial charge on any atom is -0.348 e. The molecule has 1 fully saturated rings. The summed E-state index contributed by atoms with van der Waals surface area (Å²) in [5.41, 5.74) is 0.765. The first-order chi connectivity index (χ1) is 13.4. The number of benzene rings is 1. The van der Waals surface area contributed by atoms with Crippen molar-refractivity contribution in [3.63, 3.8) is 0 Å². The predicted molar refractivity (Wildman–Crippen MR) is 102 cm³/mol. The van der Waals surface area contributed by atoms with Crippen LogP contribution in [0.4, 0.5) is 8.78 Å². The summed E-state index contributed by atoms with van der Waals surface area (Å²) in [5.74, 6) is -3.20. The fourth-order valence-corrected chi connectivity index (χ4v) is 4.97. The smallest absolute Gasteiger partial charge is 0.290 e. The molecule has 1 aromatic heterocycles. The average Bonchev–Trinajstić information content (AvgIpc) is 3.22. The van der Waals surface area contributed by atoms with Gasteiger partial charge in [-0.3, -0.25) is 4.79 Å². The molecule has 0 saturated carbocycles. The summed E-state index contributed by atoms with van der Waals surface area (Å²) in [5, 5.41) is 2.61. The average molecular weight is 427 g/mol. The zero-order valence-electron chi connectivity index (χ0n) is 14.8. The second kappa shape index (κ2) is 8.97. The molecule has 1 N–H and O–H groups in total. The van der Waals surface area contributed by atoms with Crippen LogP contribution in [0.25, 0.3) is 0 Å². The molecule has 2 aromatic rings. The highest BCUT2D eigenvalue weighted by atomic mass is 32.2. The molecule has 1 amide bonds. The van der Waals surface area contributed by atoms with Crippen LogP contribution in [0.2, 0.25) is 0 Å². The number of hydrogen-bond acceptors (Lipinski definition) is 5. The molecule has 6 nitrogen and oxygen atoms in total. The minimum absolute atomic E-state index is 0.0398. The van der Waals surface area contributed by atoms with Crippen molar-refractivity contribution in [3.05, 3.63) is 53.7 Å². The van der Waals surface area contributed by atoms with Crippen LogP contribution < -0.4 is 5.32 Å². The maximum absolute atomic E-state index is 12.6. The molecule has 1 aromatic carbocycles. The first-order valence-electron chi connectivity index (χ1n) is 8.65. The monoisotopic (exact) mass is 427 g/mol.